The normalized spacial score (nSPS) is 15.3. The van der Waals surface area contributed by atoms with Gasteiger partial charge in [0, 0.05) is 12.6 Å². The second kappa shape index (κ2) is 4.90. The first-order valence-electron chi connectivity index (χ1n) is 4.17. The molecule has 0 heterocycles. The molecule has 0 aromatic rings. The van der Waals surface area contributed by atoms with Gasteiger partial charge in [-0.2, -0.15) is 13.1 Å². The number of likely N-dealkylation sites (N-methyl/N-ethyl adjacent to an activating group) is 1. The number of hydrogen-bond acceptors (Lipinski definition) is 3. The van der Waals surface area contributed by atoms with Gasteiger partial charge in [-0.25, -0.2) is 5.14 Å². The fraction of sp³-hybridized carbons (Fsp3) is 1.00. The van der Waals surface area contributed by atoms with Crippen LogP contribution in [0.2, 0.25) is 0 Å². The molecule has 0 rings (SSSR count). The highest BCUT2D eigenvalue weighted by Gasteiger charge is 2.18. The minimum atomic E-state index is -3.59. The molecule has 80 valence electrons. The summed E-state index contributed by atoms with van der Waals surface area (Å²) in [6.45, 7) is 4.55. The van der Waals surface area contributed by atoms with Crippen molar-refractivity contribution in [3.63, 3.8) is 0 Å². The second-order valence-corrected chi connectivity index (χ2v) is 5.10. The minimum Gasteiger partial charge on any atom is -0.308 e. The van der Waals surface area contributed by atoms with Gasteiger partial charge in [-0.3, -0.25) is 0 Å². The Balaban J connectivity index is 4.28. The van der Waals surface area contributed by atoms with E-state index in [1.165, 1.54) is 0 Å². The highest BCUT2D eigenvalue weighted by Crippen LogP contribution is 2.02. The summed E-state index contributed by atoms with van der Waals surface area (Å²) in [5, 5.41) is 4.89. The molecule has 0 aliphatic rings. The van der Waals surface area contributed by atoms with Gasteiger partial charge in [0.15, 0.2) is 0 Å². The zero-order chi connectivity index (χ0) is 10.6. The van der Waals surface area contributed by atoms with Gasteiger partial charge in [-0.1, -0.05) is 13.8 Å². The molecule has 0 aliphatic carbocycles. The smallest absolute Gasteiger partial charge is 0.274 e. The van der Waals surface area contributed by atoms with Crippen molar-refractivity contribution in [3.05, 3.63) is 0 Å². The Bertz CT molecular complexity index is 236. The largest absolute Gasteiger partial charge is 0.308 e. The van der Waals surface area contributed by atoms with E-state index in [2.05, 4.69) is 4.72 Å². The van der Waals surface area contributed by atoms with Crippen molar-refractivity contribution in [2.45, 2.75) is 19.9 Å². The number of rotatable bonds is 5. The Morgan fingerprint density at radius 1 is 1.38 bits per heavy atom. The van der Waals surface area contributed by atoms with Crippen LogP contribution in [0.25, 0.3) is 0 Å². The van der Waals surface area contributed by atoms with E-state index in [0.29, 0.717) is 6.54 Å². The quantitative estimate of drug-likeness (QED) is 0.633. The van der Waals surface area contributed by atoms with Gasteiger partial charge in [0.2, 0.25) is 0 Å². The predicted octanol–water partition coefficient (Wildman–Crippen LogP) is -0.634. The van der Waals surface area contributed by atoms with E-state index in [0.717, 1.165) is 0 Å². The van der Waals surface area contributed by atoms with Gasteiger partial charge in [0.05, 0.1) is 0 Å². The lowest BCUT2D eigenvalue weighted by atomic mass is 10.1. The molecule has 0 aliphatic heterocycles. The highest BCUT2D eigenvalue weighted by atomic mass is 32.2. The third kappa shape index (κ3) is 6.94. The Kier molecular flexibility index (Phi) is 4.83. The fourth-order valence-corrected chi connectivity index (χ4v) is 1.76. The van der Waals surface area contributed by atoms with Crippen LogP contribution < -0.4 is 9.86 Å². The molecule has 0 aromatic heterocycles. The van der Waals surface area contributed by atoms with Crippen LogP contribution in [0.5, 0.6) is 0 Å². The van der Waals surface area contributed by atoms with Crippen molar-refractivity contribution in [1.29, 1.82) is 0 Å². The van der Waals surface area contributed by atoms with Crippen LogP contribution in [-0.2, 0) is 10.2 Å². The molecule has 0 bridgehead atoms. The first-order valence-corrected chi connectivity index (χ1v) is 5.72. The summed E-state index contributed by atoms with van der Waals surface area (Å²) >= 11 is 0. The van der Waals surface area contributed by atoms with Crippen LogP contribution >= 0.6 is 0 Å². The maximum absolute atomic E-state index is 10.8. The van der Waals surface area contributed by atoms with Gasteiger partial charge in [-0.05, 0) is 20.0 Å². The fourth-order valence-electron chi connectivity index (χ4n) is 0.989. The standard InChI is InChI=1S/C7H19N3O2S/c1-6(2)7(5-10(3)4)9-13(8,11)12/h6-7,9H,5H2,1-4H3,(H2,8,11,12). The maximum Gasteiger partial charge on any atom is 0.274 e. The first kappa shape index (κ1) is 12.8. The van der Waals surface area contributed by atoms with Crippen LogP contribution in [0.3, 0.4) is 0 Å². The number of nitrogens with one attached hydrogen (secondary N) is 1. The van der Waals surface area contributed by atoms with Crippen molar-refractivity contribution in [3.8, 4) is 0 Å². The summed E-state index contributed by atoms with van der Waals surface area (Å²) in [5.41, 5.74) is 0. The summed E-state index contributed by atoms with van der Waals surface area (Å²) in [5.74, 6) is 0.223. The summed E-state index contributed by atoms with van der Waals surface area (Å²) in [7, 11) is 0.188. The number of hydrogen-bond donors (Lipinski definition) is 2. The number of nitrogens with two attached hydrogens (primary N) is 1. The minimum absolute atomic E-state index is 0.134. The Labute approximate surface area is 80.5 Å². The summed E-state index contributed by atoms with van der Waals surface area (Å²) in [6.07, 6.45) is 0. The van der Waals surface area contributed by atoms with Gasteiger partial charge in [-0.15, -0.1) is 0 Å². The highest BCUT2D eigenvalue weighted by molar-refractivity contribution is 7.87. The maximum atomic E-state index is 10.8. The average Bonchev–Trinajstić information content (AvgIpc) is 1.81. The first-order chi connectivity index (χ1) is 5.72. The number of nitrogens with zero attached hydrogens (tertiary/aromatic N) is 1. The van der Waals surface area contributed by atoms with Crippen molar-refractivity contribution < 1.29 is 8.42 Å². The van der Waals surface area contributed by atoms with Crippen molar-refractivity contribution in [2.75, 3.05) is 20.6 Å². The molecular weight excluding hydrogens is 190 g/mol. The molecule has 6 heteroatoms. The van der Waals surface area contributed by atoms with E-state index in [4.69, 9.17) is 5.14 Å². The molecule has 5 nitrogen and oxygen atoms in total. The summed E-state index contributed by atoms with van der Waals surface area (Å²) in [4.78, 5) is 1.92. The Morgan fingerprint density at radius 2 is 1.85 bits per heavy atom. The predicted molar refractivity (Wildman–Crippen MR) is 53.4 cm³/mol. The zero-order valence-corrected chi connectivity index (χ0v) is 9.43. The molecule has 13 heavy (non-hydrogen) atoms. The molecule has 0 radical (unpaired) electrons. The van der Waals surface area contributed by atoms with E-state index < -0.39 is 10.2 Å². The third-order valence-corrected chi connectivity index (χ3v) is 2.31. The molecule has 3 N–H and O–H groups in total. The van der Waals surface area contributed by atoms with Gasteiger partial charge in [0.1, 0.15) is 0 Å². The lowest BCUT2D eigenvalue weighted by molar-refractivity contribution is 0.314. The molecular formula is C7H19N3O2S. The van der Waals surface area contributed by atoms with Crippen LogP contribution in [0, 0.1) is 5.92 Å². The molecule has 0 aromatic carbocycles. The Morgan fingerprint density at radius 3 is 2.08 bits per heavy atom. The molecule has 0 spiro atoms. The van der Waals surface area contributed by atoms with Gasteiger partial charge < -0.3 is 4.90 Å². The van der Waals surface area contributed by atoms with E-state index in [-0.39, 0.29) is 12.0 Å². The van der Waals surface area contributed by atoms with Crippen molar-refractivity contribution in [1.82, 2.24) is 9.62 Å². The van der Waals surface area contributed by atoms with Gasteiger partial charge >= 0.3 is 0 Å². The van der Waals surface area contributed by atoms with E-state index in [1.54, 1.807) is 0 Å². The monoisotopic (exact) mass is 209 g/mol. The zero-order valence-electron chi connectivity index (χ0n) is 8.61. The third-order valence-electron chi connectivity index (χ3n) is 1.68. The van der Waals surface area contributed by atoms with E-state index in [9.17, 15) is 8.42 Å². The summed E-state index contributed by atoms with van der Waals surface area (Å²) in [6, 6.07) is -0.134. The SMILES string of the molecule is CC(C)C(CN(C)C)NS(N)(=O)=O. The van der Waals surface area contributed by atoms with Crippen LogP contribution in [0.4, 0.5) is 0 Å². The molecule has 1 atom stereocenters. The molecule has 0 fully saturated rings. The second-order valence-electron chi connectivity index (χ2n) is 3.78. The van der Waals surface area contributed by atoms with Crippen LogP contribution in [0.1, 0.15) is 13.8 Å². The molecule has 0 saturated carbocycles. The summed E-state index contributed by atoms with van der Waals surface area (Å²) < 4.78 is 23.9. The molecule has 1 unspecified atom stereocenters. The molecule has 0 saturated heterocycles. The van der Waals surface area contributed by atoms with Crippen LogP contribution in [0.15, 0.2) is 0 Å². The lowest BCUT2D eigenvalue weighted by Crippen LogP contribution is -2.47. The molecule has 0 amide bonds. The Hall–Kier alpha value is -0.170. The van der Waals surface area contributed by atoms with Gasteiger partial charge in [0.25, 0.3) is 10.2 Å². The van der Waals surface area contributed by atoms with E-state index in [1.807, 2.05) is 32.8 Å². The topological polar surface area (TPSA) is 75.4 Å². The average molecular weight is 209 g/mol. The van der Waals surface area contributed by atoms with Crippen molar-refractivity contribution >= 4 is 10.2 Å². The lowest BCUT2D eigenvalue weighted by Gasteiger charge is -2.24. The van der Waals surface area contributed by atoms with Crippen LogP contribution in [-0.4, -0.2) is 40.0 Å². The van der Waals surface area contributed by atoms with E-state index >= 15 is 0 Å². The van der Waals surface area contributed by atoms with Crippen molar-refractivity contribution in [2.24, 2.45) is 11.1 Å².